The number of alkyl halides is 1. The number of nitrogens with zero attached hydrogens (tertiary/aromatic N) is 2. The molecule has 188 valence electrons. The maximum Gasteiger partial charge on any atom is 0.253 e. The van der Waals surface area contributed by atoms with Crippen LogP contribution in [0.3, 0.4) is 0 Å². The number of halogens is 2. The van der Waals surface area contributed by atoms with Crippen LogP contribution in [0.25, 0.3) is 0 Å². The van der Waals surface area contributed by atoms with E-state index in [4.69, 9.17) is 4.74 Å². The second kappa shape index (κ2) is 11.9. The van der Waals surface area contributed by atoms with E-state index >= 15 is 0 Å². The summed E-state index contributed by atoms with van der Waals surface area (Å²) >= 11 is 0. The van der Waals surface area contributed by atoms with Gasteiger partial charge in [0.15, 0.2) is 0 Å². The Bertz CT molecular complexity index is 856. The Morgan fingerprint density at radius 3 is 2.39 bits per heavy atom. The fourth-order valence-corrected chi connectivity index (χ4v) is 6.81. The molecule has 1 aromatic carbocycles. The monoisotopic (exact) mass is 505 g/mol. The van der Waals surface area contributed by atoms with Crippen molar-refractivity contribution in [3.8, 4) is 0 Å². The molecule has 0 radical (unpaired) electrons. The molecule has 3 rings (SSSR count). The lowest BCUT2D eigenvalue weighted by molar-refractivity contribution is -0.115. The Morgan fingerprint density at radius 1 is 1.21 bits per heavy atom. The maximum absolute atomic E-state index is 14.9. The predicted molar refractivity (Wildman–Crippen MR) is 130 cm³/mol. The van der Waals surface area contributed by atoms with E-state index in [1.54, 1.807) is 24.3 Å². The zero-order valence-electron chi connectivity index (χ0n) is 19.7. The summed E-state index contributed by atoms with van der Waals surface area (Å²) in [5.74, 6) is -0.0169. The Morgan fingerprint density at radius 2 is 1.85 bits per heavy atom. The molecule has 1 saturated carbocycles. The van der Waals surface area contributed by atoms with Crippen molar-refractivity contribution in [3.05, 3.63) is 35.9 Å². The van der Waals surface area contributed by atoms with Gasteiger partial charge in [-0.15, -0.1) is 12.4 Å². The molecule has 1 N–H and O–H groups in total. The Labute approximate surface area is 203 Å². The topological polar surface area (TPSA) is 79.0 Å². The SMILES string of the molecule is CCCS(=O)(=O)N1CCN(C2(C(NC(=O)c3ccccc3)OC)CC(C)CC(F)C2)CC1.Cl. The first kappa shape index (κ1) is 28.0. The number of methoxy groups -OCH3 is 1. The van der Waals surface area contributed by atoms with Gasteiger partial charge in [-0.05, 0) is 37.3 Å². The molecule has 0 spiro atoms. The lowest BCUT2D eigenvalue weighted by Gasteiger charge is -2.54. The number of ether oxygens (including phenoxy) is 1. The third kappa shape index (κ3) is 6.45. The van der Waals surface area contributed by atoms with Gasteiger partial charge in [0, 0.05) is 45.3 Å². The number of piperazine rings is 1. The highest BCUT2D eigenvalue weighted by Crippen LogP contribution is 2.41. The normalized spacial score (nSPS) is 28.0. The molecule has 2 aliphatic rings. The number of nitrogens with one attached hydrogen (secondary N) is 1. The summed E-state index contributed by atoms with van der Waals surface area (Å²) in [7, 11) is -1.74. The number of benzene rings is 1. The molecule has 0 aromatic heterocycles. The van der Waals surface area contributed by atoms with Crippen LogP contribution in [0.5, 0.6) is 0 Å². The van der Waals surface area contributed by atoms with E-state index in [1.807, 2.05) is 19.9 Å². The minimum absolute atomic E-state index is 0. The fourth-order valence-electron chi connectivity index (χ4n) is 5.31. The van der Waals surface area contributed by atoms with Crippen LogP contribution in [0.2, 0.25) is 0 Å². The maximum atomic E-state index is 14.9. The molecule has 0 bridgehead atoms. The third-order valence-corrected chi connectivity index (χ3v) is 8.76. The summed E-state index contributed by atoms with van der Waals surface area (Å²) in [5.41, 5.74) is -0.225. The summed E-state index contributed by atoms with van der Waals surface area (Å²) < 4.78 is 47.3. The second-order valence-electron chi connectivity index (χ2n) is 9.11. The van der Waals surface area contributed by atoms with Gasteiger partial charge in [0.1, 0.15) is 12.4 Å². The number of hydrogen-bond donors (Lipinski definition) is 1. The van der Waals surface area contributed by atoms with Crippen LogP contribution >= 0.6 is 12.4 Å². The van der Waals surface area contributed by atoms with Crippen molar-refractivity contribution in [2.75, 3.05) is 39.0 Å². The standard InChI is InChI=1S/C23H36FN3O4S.ClH/c1-4-14-32(29,30)27-12-10-26(11-13-27)23(16-18(2)15-20(24)17-23)22(31-3)25-21(28)19-8-6-5-7-9-19;/h5-9,18,20,22H,4,10-17H2,1-3H3,(H,25,28);1H. The van der Waals surface area contributed by atoms with Gasteiger partial charge in [0.2, 0.25) is 10.0 Å². The number of hydrogen-bond acceptors (Lipinski definition) is 5. The summed E-state index contributed by atoms with van der Waals surface area (Å²) in [6, 6.07) is 8.89. The molecule has 1 aliphatic heterocycles. The number of rotatable bonds is 8. The van der Waals surface area contributed by atoms with E-state index in [-0.39, 0.29) is 36.4 Å². The van der Waals surface area contributed by atoms with E-state index in [1.165, 1.54) is 11.4 Å². The molecule has 1 heterocycles. The van der Waals surface area contributed by atoms with Gasteiger partial charge in [-0.25, -0.2) is 12.8 Å². The third-order valence-electron chi connectivity index (χ3n) is 6.68. The zero-order valence-corrected chi connectivity index (χ0v) is 21.3. The molecule has 33 heavy (non-hydrogen) atoms. The van der Waals surface area contributed by atoms with E-state index in [0.29, 0.717) is 51.0 Å². The largest absolute Gasteiger partial charge is 0.360 e. The highest BCUT2D eigenvalue weighted by Gasteiger charge is 2.51. The smallest absolute Gasteiger partial charge is 0.253 e. The van der Waals surface area contributed by atoms with Gasteiger partial charge in [-0.2, -0.15) is 4.31 Å². The zero-order chi connectivity index (χ0) is 23.4. The van der Waals surface area contributed by atoms with Gasteiger partial charge in [0.25, 0.3) is 5.91 Å². The molecule has 4 atom stereocenters. The van der Waals surface area contributed by atoms with Crippen LogP contribution in [-0.4, -0.2) is 80.5 Å². The molecule has 1 amide bonds. The Kier molecular flexibility index (Phi) is 10.1. The Hall–Kier alpha value is -1.26. The minimum Gasteiger partial charge on any atom is -0.360 e. The van der Waals surface area contributed by atoms with Crippen LogP contribution in [-0.2, 0) is 14.8 Å². The summed E-state index contributed by atoms with van der Waals surface area (Å²) in [6.07, 6.45) is 0.248. The molecule has 10 heteroatoms. The van der Waals surface area contributed by atoms with Gasteiger partial charge in [-0.1, -0.05) is 32.0 Å². The van der Waals surface area contributed by atoms with E-state index in [9.17, 15) is 17.6 Å². The van der Waals surface area contributed by atoms with Crippen LogP contribution in [0, 0.1) is 5.92 Å². The molecule has 2 fully saturated rings. The summed E-state index contributed by atoms with van der Waals surface area (Å²) in [4.78, 5) is 15.1. The molecule has 7 nitrogen and oxygen atoms in total. The average Bonchev–Trinajstić information content (AvgIpc) is 2.77. The molecule has 1 aliphatic carbocycles. The molecule has 4 unspecified atom stereocenters. The lowest BCUT2D eigenvalue weighted by atomic mass is 9.72. The van der Waals surface area contributed by atoms with Crippen molar-refractivity contribution in [2.24, 2.45) is 5.92 Å². The van der Waals surface area contributed by atoms with Gasteiger partial charge in [-0.3, -0.25) is 9.69 Å². The number of carbonyl (C=O) groups is 1. The quantitative estimate of drug-likeness (QED) is 0.549. The fraction of sp³-hybridized carbons (Fsp3) is 0.696. The van der Waals surface area contributed by atoms with Crippen molar-refractivity contribution < 1.29 is 22.3 Å². The Balaban J connectivity index is 0.00000385. The van der Waals surface area contributed by atoms with E-state index in [2.05, 4.69) is 10.2 Å². The van der Waals surface area contributed by atoms with E-state index in [0.717, 1.165) is 0 Å². The highest BCUT2D eigenvalue weighted by molar-refractivity contribution is 7.89. The van der Waals surface area contributed by atoms with Gasteiger partial charge >= 0.3 is 0 Å². The van der Waals surface area contributed by atoms with Crippen molar-refractivity contribution >= 4 is 28.3 Å². The number of amides is 1. The van der Waals surface area contributed by atoms with Crippen LogP contribution in [0.4, 0.5) is 4.39 Å². The summed E-state index contributed by atoms with van der Waals surface area (Å²) in [6.45, 7) is 5.55. The first-order chi connectivity index (χ1) is 15.2. The minimum atomic E-state index is -3.28. The number of sulfonamides is 1. The van der Waals surface area contributed by atoms with Crippen molar-refractivity contribution in [3.63, 3.8) is 0 Å². The van der Waals surface area contributed by atoms with Crippen LogP contribution in [0.15, 0.2) is 30.3 Å². The van der Waals surface area contributed by atoms with Gasteiger partial charge < -0.3 is 10.1 Å². The first-order valence-electron chi connectivity index (χ1n) is 11.5. The number of carbonyl (C=O) groups excluding carboxylic acids is 1. The van der Waals surface area contributed by atoms with Crippen molar-refractivity contribution in [1.82, 2.24) is 14.5 Å². The van der Waals surface area contributed by atoms with Crippen molar-refractivity contribution in [1.29, 1.82) is 0 Å². The lowest BCUT2D eigenvalue weighted by Crippen LogP contribution is -2.69. The molecular formula is C23H37ClFN3O4S. The molecular weight excluding hydrogens is 469 g/mol. The summed E-state index contributed by atoms with van der Waals surface area (Å²) in [5, 5.41) is 2.99. The van der Waals surface area contributed by atoms with Crippen molar-refractivity contribution in [2.45, 2.75) is 57.5 Å². The van der Waals surface area contributed by atoms with Crippen LogP contribution < -0.4 is 5.32 Å². The molecule has 1 aromatic rings. The first-order valence-corrected chi connectivity index (χ1v) is 13.1. The predicted octanol–water partition coefficient (Wildman–Crippen LogP) is 3.07. The highest BCUT2D eigenvalue weighted by atomic mass is 35.5. The average molecular weight is 506 g/mol. The second-order valence-corrected chi connectivity index (χ2v) is 11.2. The van der Waals surface area contributed by atoms with E-state index < -0.39 is 28.0 Å². The molecule has 1 saturated heterocycles. The van der Waals surface area contributed by atoms with Gasteiger partial charge in [0.05, 0.1) is 11.3 Å². The van der Waals surface area contributed by atoms with Crippen LogP contribution in [0.1, 0.15) is 49.9 Å².